The van der Waals surface area contributed by atoms with E-state index in [2.05, 4.69) is 20.3 Å². The highest BCUT2D eigenvalue weighted by molar-refractivity contribution is 7.13. The molecule has 0 aliphatic carbocycles. The Bertz CT molecular complexity index is 1100. The second-order valence-electron chi connectivity index (χ2n) is 6.07. The maximum Gasteiger partial charge on any atom is 0.231 e. The van der Waals surface area contributed by atoms with Crippen LogP contribution in [0.15, 0.2) is 60.5 Å². The van der Waals surface area contributed by atoms with Gasteiger partial charge in [-0.15, -0.1) is 11.3 Å². The van der Waals surface area contributed by atoms with Crippen LogP contribution in [-0.4, -0.2) is 26.7 Å². The zero-order valence-electron chi connectivity index (χ0n) is 14.7. The van der Waals surface area contributed by atoms with Gasteiger partial charge in [-0.05, 0) is 29.1 Å². The van der Waals surface area contributed by atoms with E-state index in [0.29, 0.717) is 12.5 Å². The maximum absolute atomic E-state index is 5.43. The Morgan fingerprint density at radius 3 is 2.86 bits per heavy atom. The number of hydrogen-bond acceptors (Lipinski definition) is 8. The molecule has 0 fully saturated rings. The Balaban J connectivity index is 1.43. The lowest BCUT2D eigenvalue weighted by Crippen LogP contribution is -2.05. The average molecular weight is 389 g/mol. The van der Waals surface area contributed by atoms with E-state index >= 15 is 0 Å². The molecular weight excluding hydrogens is 374 g/mol. The quantitative estimate of drug-likeness (QED) is 0.552. The second-order valence-corrected chi connectivity index (χ2v) is 7.01. The molecule has 1 aliphatic heterocycles. The van der Waals surface area contributed by atoms with Gasteiger partial charge in [-0.25, -0.2) is 9.97 Å². The van der Waals surface area contributed by atoms with E-state index in [0.717, 1.165) is 38.9 Å². The molecule has 1 aliphatic rings. The van der Waals surface area contributed by atoms with Crippen molar-refractivity contribution in [1.29, 1.82) is 0 Å². The standard InChI is InChI=1S/C20H15N5O2S/c1-2-18(28-7-1)19-14(15-11-21-5-6-22-15)10-24-20(25-19)23-9-13-3-4-16-17(8-13)27-12-26-16/h1-8,10-11H,9,12H2,(H,23,24,25). The Kier molecular flexibility index (Phi) is 4.30. The van der Waals surface area contributed by atoms with Gasteiger partial charge in [0.1, 0.15) is 0 Å². The van der Waals surface area contributed by atoms with Crippen LogP contribution in [0.4, 0.5) is 5.95 Å². The number of nitrogens with zero attached hydrogens (tertiary/aromatic N) is 4. The molecule has 8 heteroatoms. The van der Waals surface area contributed by atoms with Gasteiger partial charge in [0, 0.05) is 30.7 Å². The summed E-state index contributed by atoms with van der Waals surface area (Å²) in [6, 6.07) is 9.91. The number of ether oxygens (including phenoxy) is 2. The number of rotatable bonds is 5. The van der Waals surface area contributed by atoms with Crippen LogP contribution in [0.2, 0.25) is 0 Å². The lowest BCUT2D eigenvalue weighted by atomic mass is 10.1. The van der Waals surface area contributed by atoms with Crippen molar-refractivity contribution in [3.05, 3.63) is 66.1 Å². The fraction of sp³-hybridized carbons (Fsp3) is 0.100. The van der Waals surface area contributed by atoms with Crippen molar-refractivity contribution in [2.75, 3.05) is 12.1 Å². The van der Waals surface area contributed by atoms with Crippen LogP contribution >= 0.6 is 11.3 Å². The highest BCUT2D eigenvalue weighted by Crippen LogP contribution is 2.34. The van der Waals surface area contributed by atoms with E-state index in [1.54, 1.807) is 36.1 Å². The summed E-state index contributed by atoms with van der Waals surface area (Å²) in [6.07, 6.45) is 6.82. The zero-order chi connectivity index (χ0) is 18.8. The number of fused-ring (bicyclic) bond motifs is 1. The van der Waals surface area contributed by atoms with Crippen molar-refractivity contribution >= 4 is 17.3 Å². The molecule has 0 radical (unpaired) electrons. The summed E-state index contributed by atoms with van der Waals surface area (Å²) in [5.41, 5.74) is 3.49. The Morgan fingerprint density at radius 1 is 1.04 bits per heavy atom. The highest BCUT2D eigenvalue weighted by Gasteiger charge is 2.15. The van der Waals surface area contributed by atoms with E-state index in [4.69, 9.17) is 14.5 Å². The SMILES string of the molecule is c1csc(-c2nc(NCc3ccc4c(c3)OCO4)ncc2-c2cnccn2)c1. The fourth-order valence-electron chi connectivity index (χ4n) is 2.93. The van der Waals surface area contributed by atoms with Crippen molar-refractivity contribution in [2.45, 2.75) is 6.54 Å². The summed E-state index contributed by atoms with van der Waals surface area (Å²) in [5, 5.41) is 5.31. The number of benzene rings is 1. The number of nitrogens with one attached hydrogen (secondary N) is 1. The predicted octanol–water partition coefficient (Wildman–Crippen LogP) is 4.00. The first-order valence-corrected chi connectivity index (χ1v) is 9.54. The molecule has 28 heavy (non-hydrogen) atoms. The topological polar surface area (TPSA) is 82.1 Å². The van der Waals surface area contributed by atoms with E-state index in [1.165, 1.54) is 0 Å². The van der Waals surface area contributed by atoms with Crippen molar-refractivity contribution < 1.29 is 9.47 Å². The molecule has 0 spiro atoms. The van der Waals surface area contributed by atoms with Crippen molar-refractivity contribution in [1.82, 2.24) is 19.9 Å². The zero-order valence-corrected chi connectivity index (χ0v) is 15.5. The largest absolute Gasteiger partial charge is 0.454 e. The van der Waals surface area contributed by atoms with E-state index in [-0.39, 0.29) is 6.79 Å². The predicted molar refractivity (Wildman–Crippen MR) is 106 cm³/mol. The van der Waals surface area contributed by atoms with Gasteiger partial charge < -0.3 is 14.8 Å². The first-order chi connectivity index (χ1) is 13.9. The molecule has 7 nitrogen and oxygen atoms in total. The highest BCUT2D eigenvalue weighted by atomic mass is 32.1. The van der Waals surface area contributed by atoms with E-state index < -0.39 is 0 Å². The fourth-order valence-corrected chi connectivity index (χ4v) is 3.65. The summed E-state index contributed by atoms with van der Waals surface area (Å²) in [6.45, 7) is 0.842. The molecule has 1 aromatic carbocycles. The van der Waals surface area contributed by atoms with Gasteiger partial charge in [-0.3, -0.25) is 9.97 Å². The molecule has 1 N–H and O–H groups in total. The molecule has 0 unspecified atom stereocenters. The summed E-state index contributed by atoms with van der Waals surface area (Å²) >= 11 is 1.62. The molecule has 0 saturated carbocycles. The van der Waals surface area contributed by atoms with Crippen molar-refractivity contribution in [3.8, 4) is 33.3 Å². The molecular formula is C20H15N5O2S. The lowest BCUT2D eigenvalue weighted by molar-refractivity contribution is 0.174. The van der Waals surface area contributed by atoms with Crippen molar-refractivity contribution in [2.24, 2.45) is 0 Å². The van der Waals surface area contributed by atoms with Crippen molar-refractivity contribution in [3.63, 3.8) is 0 Å². The van der Waals surface area contributed by atoms with Crippen LogP contribution in [0.5, 0.6) is 11.5 Å². The molecule has 4 heterocycles. The lowest BCUT2D eigenvalue weighted by Gasteiger charge is -2.10. The summed E-state index contributed by atoms with van der Waals surface area (Å²) in [5.74, 6) is 2.08. The molecule has 5 rings (SSSR count). The normalized spacial score (nSPS) is 12.1. The number of thiophene rings is 1. The first kappa shape index (κ1) is 16.6. The minimum Gasteiger partial charge on any atom is -0.454 e. The molecule has 3 aromatic heterocycles. The third-order valence-electron chi connectivity index (χ3n) is 4.27. The third-order valence-corrected chi connectivity index (χ3v) is 5.15. The molecule has 0 atom stereocenters. The molecule has 4 aromatic rings. The smallest absolute Gasteiger partial charge is 0.231 e. The number of anilines is 1. The number of aromatic nitrogens is 4. The van der Waals surface area contributed by atoms with Crippen LogP contribution in [0, 0.1) is 0 Å². The molecule has 0 amide bonds. The maximum atomic E-state index is 5.43. The van der Waals surface area contributed by atoms with E-state index in [9.17, 15) is 0 Å². The van der Waals surface area contributed by atoms with Crippen LogP contribution in [0.3, 0.4) is 0 Å². The molecule has 0 bridgehead atoms. The van der Waals surface area contributed by atoms with Gasteiger partial charge >= 0.3 is 0 Å². The molecule has 0 saturated heterocycles. The third kappa shape index (κ3) is 3.25. The second kappa shape index (κ2) is 7.24. The molecule has 138 valence electrons. The van der Waals surface area contributed by atoms with Crippen LogP contribution < -0.4 is 14.8 Å². The van der Waals surface area contributed by atoms with Gasteiger partial charge in [0.2, 0.25) is 12.7 Å². The van der Waals surface area contributed by atoms with Gasteiger partial charge in [0.15, 0.2) is 11.5 Å². The summed E-state index contributed by atoms with van der Waals surface area (Å²) in [7, 11) is 0. The monoisotopic (exact) mass is 389 g/mol. The minimum atomic E-state index is 0.267. The Labute approximate surface area is 165 Å². The van der Waals surface area contributed by atoms with Crippen LogP contribution in [-0.2, 0) is 6.54 Å². The Hall–Kier alpha value is -3.52. The van der Waals surface area contributed by atoms with Crippen LogP contribution in [0.1, 0.15) is 5.56 Å². The number of hydrogen-bond donors (Lipinski definition) is 1. The van der Waals surface area contributed by atoms with Gasteiger partial charge in [0.05, 0.1) is 22.5 Å². The van der Waals surface area contributed by atoms with Gasteiger partial charge in [0.25, 0.3) is 0 Å². The summed E-state index contributed by atoms with van der Waals surface area (Å²) in [4.78, 5) is 18.8. The average Bonchev–Trinajstić information content (AvgIpc) is 3.44. The van der Waals surface area contributed by atoms with E-state index in [1.807, 2.05) is 35.7 Å². The first-order valence-electron chi connectivity index (χ1n) is 8.66. The van der Waals surface area contributed by atoms with Gasteiger partial charge in [-0.1, -0.05) is 12.1 Å². The Morgan fingerprint density at radius 2 is 2.00 bits per heavy atom. The minimum absolute atomic E-state index is 0.267. The van der Waals surface area contributed by atoms with Gasteiger partial charge in [-0.2, -0.15) is 0 Å². The van der Waals surface area contributed by atoms with Crippen LogP contribution in [0.25, 0.3) is 21.8 Å². The summed E-state index contributed by atoms with van der Waals surface area (Å²) < 4.78 is 10.8.